The molecular formula is C7H12N2O2. The zero-order valence-electron chi connectivity index (χ0n) is 6.90. The average molecular weight is 156 g/mol. The van der Waals surface area contributed by atoms with Gasteiger partial charge in [-0.05, 0) is 13.8 Å². The van der Waals surface area contributed by atoms with Crippen LogP contribution in [0.4, 0.5) is 5.82 Å². The molecule has 4 heteroatoms. The van der Waals surface area contributed by atoms with Crippen molar-refractivity contribution in [3.05, 3.63) is 6.07 Å². The molecule has 0 aliphatic heterocycles. The molecule has 0 bridgehead atoms. The molecule has 0 saturated carbocycles. The maximum absolute atomic E-state index is 8.83. The number of hydrogen-bond acceptors (Lipinski definition) is 4. The van der Waals surface area contributed by atoms with Crippen LogP contribution in [-0.2, 0) is 0 Å². The minimum Gasteiger partial charge on any atom is -0.479 e. The molecule has 11 heavy (non-hydrogen) atoms. The summed E-state index contributed by atoms with van der Waals surface area (Å²) < 4.78 is 4.50. The van der Waals surface area contributed by atoms with Crippen molar-refractivity contribution in [1.29, 1.82) is 0 Å². The minimum atomic E-state index is -0.146. The van der Waals surface area contributed by atoms with E-state index in [0.29, 0.717) is 11.9 Å². The first-order valence-electron chi connectivity index (χ1n) is 3.49. The lowest BCUT2D eigenvalue weighted by Gasteiger charge is -2.19. The molecule has 1 N–H and O–H groups in total. The molecule has 1 rings (SSSR count). The van der Waals surface area contributed by atoms with E-state index in [1.165, 1.54) is 6.07 Å². The Morgan fingerprint density at radius 1 is 1.64 bits per heavy atom. The summed E-state index contributed by atoms with van der Waals surface area (Å²) in [7, 11) is 1.89. The van der Waals surface area contributed by atoms with Crippen molar-refractivity contribution in [3.8, 4) is 5.95 Å². The Morgan fingerprint density at radius 2 is 2.27 bits per heavy atom. The molecule has 1 aromatic heterocycles. The molecule has 0 aromatic carbocycles. The van der Waals surface area contributed by atoms with E-state index in [2.05, 4.69) is 9.68 Å². The molecular weight excluding hydrogens is 144 g/mol. The lowest BCUT2D eigenvalue weighted by molar-refractivity contribution is 0.278. The summed E-state index contributed by atoms with van der Waals surface area (Å²) in [5.74, 6) is 0.505. The molecule has 0 spiro atoms. The van der Waals surface area contributed by atoms with Gasteiger partial charge in [0.25, 0.3) is 0 Å². The van der Waals surface area contributed by atoms with Crippen LogP contribution in [0.2, 0.25) is 0 Å². The van der Waals surface area contributed by atoms with E-state index in [1.54, 1.807) is 0 Å². The predicted octanol–water partition coefficient (Wildman–Crippen LogP) is 1.22. The Morgan fingerprint density at radius 3 is 2.64 bits per heavy atom. The van der Waals surface area contributed by atoms with E-state index < -0.39 is 0 Å². The van der Waals surface area contributed by atoms with Crippen LogP contribution in [0.1, 0.15) is 13.8 Å². The number of aromatic nitrogens is 1. The average Bonchev–Trinajstić information content (AvgIpc) is 2.34. The molecule has 1 aromatic rings. The minimum absolute atomic E-state index is 0.146. The third-order valence-electron chi connectivity index (χ3n) is 1.62. The van der Waals surface area contributed by atoms with Crippen molar-refractivity contribution in [2.75, 3.05) is 11.9 Å². The second kappa shape index (κ2) is 2.82. The first-order chi connectivity index (χ1) is 5.11. The monoisotopic (exact) mass is 156 g/mol. The zero-order chi connectivity index (χ0) is 8.43. The van der Waals surface area contributed by atoms with Gasteiger partial charge in [0.15, 0.2) is 5.82 Å². The summed E-state index contributed by atoms with van der Waals surface area (Å²) in [6.07, 6.45) is 0. The fourth-order valence-electron chi connectivity index (χ4n) is 0.687. The van der Waals surface area contributed by atoms with E-state index in [9.17, 15) is 0 Å². The largest absolute Gasteiger partial charge is 0.479 e. The molecule has 0 aliphatic carbocycles. The van der Waals surface area contributed by atoms with Gasteiger partial charge >= 0.3 is 5.95 Å². The van der Waals surface area contributed by atoms with Gasteiger partial charge in [0.05, 0.1) is 6.07 Å². The third-order valence-corrected chi connectivity index (χ3v) is 1.62. The Kier molecular flexibility index (Phi) is 2.03. The van der Waals surface area contributed by atoms with E-state index in [1.807, 2.05) is 25.8 Å². The highest BCUT2D eigenvalue weighted by atomic mass is 16.5. The summed E-state index contributed by atoms with van der Waals surface area (Å²) in [6.45, 7) is 4.07. The second-order valence-corrected chi connectivity index (χ2v) is 2.73. The van der Waals surface area contributed by atoms with Crippen LogP contribution in [0, 0.1) is 0 Å². The number of aromatic hydroxyl groups is 1. The number of rotatable bonds is 2. The van der Waals surface area contributed by atoms with Gasteiger partial charge in [0, 0.05) is 13.1 Å². The van der Waals surface area contributed by atoms with Crippen molar-refractivity contribution < 1.29 is 9.63 Å². The molecule has 0 radical (unpaired) electrons. The van der Waals surface area contributed by atoms with Crippen molar-refractivity contribution >= 4 is 5.82 Å². The summed E-state index contributed by atoms with van der Waals surface area (Å²) in [6, 6.07) is 1.83. The predicted molar refractivity (Wildman–Crippen MR) is 41.7 cm³/mol. The lowest BCUT2D eigenvalue weighted by atomic mass is 10.3. The van der Waals surface area contributed by atoms with Gasteiger partial charge < -0.3 is 14.5 Å². The zero-order valence-corrected chi connectivity index (χ0v) is 6.90. The van der Waals surface area contributed by atoms with Crippen LogP contribution < -0.4 is 4.90 Å². The van der Waals surface area contributed by atoms with Crippen LogP contribution in [0.25, 0.3) is 0 Å². The molecule has 0 atom stereocenters. The van der Waals surface area contributed by atoms with Crippen LogP contribution >= 0.6 is 0 Å². The van der Waals surface area contributed by atoms with Crippen molar-refractivity contribution in [2.24, 2.45) is 0 Å². The number of hydrogen-bond donors (Lipinski definition) is 1. The number of anilines is 1. The molecule has 0 unspecified atom stereocenters. The van der Waals surface area contributed by atoms with Crippen molar-refractivity contribution in [3.63, 3.8) is 0 Å². The van der Waals surface area contributed by atoms with E-state index in [4.69, 9.17) is 5.11 Å². The van der Waals surface area contributed by atoms with Gasteiger partial charge in [-0.2, -0.15) is 0 Å². The van der Waals surface area contributed by atoms with E-state index >= 15 is 0 Å². The highest BCUT2D eigenvalue weighted by molar-refractivity contribution is 5.39. The Hall–Kier alpha value is -1.19. The maximum atomic E-state index is 8.83. The van der Waals surface area contributed by atoms with Crippen molar-refractivity contribution in [1.82, 2.24) is 5.16 Å². The number of nitrogens with zero attached hydrogens (tertiary/aromatic N) is 2. The molecule has 0 saturated heterocycles. The second-order valence-electron chi connectivity index (χ2n) is 2.73. The molecule has 62 valence electrons. The Labute approximate surface area is 65.4 Å². The summed E-state index contributed by atoms with van der Waals surface area (Å²) in [5.41, 5.74) is 0. The maximum Gasteiger partial charge on any atom is 0.310 e. The molecule has 0 fully saturated rings. The molecule has 4 nitrogen and oxygen atoms in total. The van der Waals surface area contributed by atoms with Gasteiger partial charge in [-0.3, -0.25) is 0 Å². The highest BCUT2D eigenvalue weighted by Crippen LogP contribution is 2.18. The van der Waals surface area contributed by atoms with Crippen LogP contribution in [0.5, 0.6) is 5.95 Å². The lowest BCUT2D eigenvalue weighted by Crippen LogP contribution is -2.25. The summed E-state index contributed by atoms with van der Waals surface area (Å²) in [5, 5.41) is 12.5. The summed E-state index contributed by atoms with van der Waals surface area (Å²) in [4.78, 5) is 1.91. The standard InChI is InChI=1S/C7H12N2O2/c1-5(2)9(3)6-4-7(10)11-8-6/h4-5,10H,1-3H3. The summed E-state index contributed by atoms with van der Waals surface area (Å²) >= 11 is 0. The van der Waals surface area contributed by atoms with Crippen molar-refractivity contribution in [2.45, 2.75) is 19.9 Å². The quantitative estimate of drug-likeness (QED) is 0.699. The third kappa shape index (κ3) is 1.63. The first-order valence-corrected chi connectivity index (χ1v) is 3.49. The fourth-order valence-corrected chi connectivity index (χ4v) is 0.687. The normalized spacial score (nSPS) is 10.5. The Bertz CT molecular complexity index is 232. The Balaban J connectivity index is 2.76. The van der Waals surface area contributed by atoms with Crippen LogP contribution in [0.3, 0.4) is 0 Å². The topological polar surface area (TPSA) is 49.5 Å². The molecule has 1 heterocycles. The highest BCUT2D eigenvalue weighted by Gasteiger charge is 2.09. The van der Waals surface area contributed by atoms with Gasteiger partial charge in [-0.15, -0.1) is 0 Å². The van der Waals surface area contributed by atoms with E-state index in [-0.39, 0.29) is 5.95 Å². The molecule has 0 aliphatic rings. The van der Waals surface area contributed by atoms with Gasteiger partial charge in [-0.25, -0.2) is 0 Å². The van der Waals surface area contributed by atoms with Gasteiger partial charge in [-0.1, -0.05) is 5.16 Å². The first kappa shape index (κ1) is 7.91. The van der Waals surface area contributed by atoms with Crippen LogP contribution in [0.15, 0.2) is 10.6 Å². The fraction of sp³-hybridized carbons (Fsp3) is 0.571. The van der Waals surface area contributed by atoms with Gasteiger partial charge in [0.2, 0.25) is 0 Å². The van der Waals surface area contributed by atoms with Gasteiger partial charge in [0.1, 0.15) is 0 Å². The SMILES string of the molecule is CC(C)N(C)c1cc(O)on1. The van der Waals surface area contributed by atoms with E-state index in [0.717, 1.165) is 0 Å². The smallest absolute Gasteiger partial charge is 0.310 e. The van der Waals surface area contributed by atoms with Crippen LogP contribution in [-0.4, -0.2) is 23.4 Å². The molecule has 0 amide bonds.